The summed E-state index contributed by atoms with van der Waals surface area (Å²) in [6.07, 6.45) is 0. The van der Waals surface area contributed by atoms with Crippen molar-refractivity contribution in [1.82, 2.24) is 0 Å². The zero-order valence-corrected chi connectivity index (χ0v) is 9.14. The normalized spacial score (nSPS) is 14.0. The molecular formula is C9H9BrF3NO. The van der Waals surface area contributed by atoms with Crippen LogP contribution in [-0.2, 0) is 0 Å². The summed E-state index contributed by atoms with van der Waals surface area (Å²) in [4.78, 5) is 0. The number of nitrogens with two attached hydrogens (primary N) is 1. The molecule has 0 fully saturated rings. The maximum atomic E-state index is 13.0. The number of aliphatic hydroxyl groups excluding tert-OH is 1. The van der Waals surface area contributed by atoms with Crippen LogP contribution in [0.3, 0.4) is 0 Å². The van der Waals surface area contributed by atoms with Crippen molar-refractivity contribution in [2.24, 2.45) is 5.73 Å². The van der Waals surface area contributed by atoms with Gasteiger partial charge in [-0.1, -0.05) is 6.07 Å². The van der Waals surface area contributed by atoms with Gasteiger partial charge in [-0.2, -0.15) is 0 Å². The highest BCUT2D eigenvalue weighted by molar-refractivity contribution is 9.10. The van der Waals surface area contributed by atoms with Crippen molar-refractivity contribution in [1.29, 1.82) is 0 Å². The van der Waals surface area contributed by atoms with Crippen LogP contribution >= 0.6 is 15.9 Å². The number of aliphatic hydroxyl groups is 1. The molecule has 0 aliphatic rings. The van der Waals surface area contributed by atoms with Crippen molar-refractivity contribution in [3.63, 3.8) is 0 Å². The maximum Gasteiger partial charge on any atom is 0.289 e. The molecule has 0 spiro atoms. The van der Waals surface area contributed by atoms with Gasteiger partial charge in [-0.15, -0.1) is 0 Å². The minimum Gasteiger partial charge on any atom is -0.390 e. The van der Waals surface area contributed by atoms with Crippen LogP contribution in [0.15, 0.2) is 22.7 Å². The molecule has 0 unspecified atom stereocenters. The molecule has 3 N–H and O–H groups in total. The van der Waals surface area contributed by atoms with E-state index in [9.17, 15) is 13.2 Å². The summed E-state index contributed by atoms with van der Waals surface area (Å²) in [6.45, 7) is -1.34. The van der Waals surface area contributed by atoms with Crippen LogP contribution < -0.4 is 5.73 Å². The fourth-order valence-electron chi connectivity index (χ4n) is 1.05. The summed E-state index contributed by atoms with van der Waals surface area (Å²) >= 11 is 2.87. The van der Waals surface area contributed by atoms with Crippen LogP contribution in [0.1, 0.15) is 11.6 Å². The highest BCUT2D eigenvalue weighted by atomic mass is 79.9. The summed E-state index contributed by atoms with van der Waals surface area (Å²) < 4.78 is 38.8. The van der Waals surface area contributed by atoms with Crippen LogP contribution in [-0.4, -0.2) is 17.6 Å². The highest BCUT2D eigenvalue weighted by Gasteiger charge is 2.37. The largest absolute Gasteiger partial charge is 0.390 e. The molecule has 1 rings (SSSR count). The molecule has 0 aliphatic heterocycles. The average Bonchev–Trinajstić information content (AvgIpc) is 2.21. The second kappa shape index (κ2) is 4.51. The molecule has 0 aromatic heterocycles. The molecule has 6 heteroatoms. The number of hydrogen-bond donors (Lipinski definition) is 2. The van der Waals surface area contributed by atoms with E-state index in [1.165, 1.54) is 6.07 Å². The summed E-state index contributed by atoms with van der Waals surface area (Å²) in [6, 6.07) is 1.71. The van der Waals surface area contributed by atoms with Gasteiger partial charge in [0.2, 0.25) is 0 Å². The van der Waals surface area contributed by atoms with Crippen LogP contribution in [0, 0.1) is 5.82 Å². The summed E-state index contributed by atoms with van der Waals surface area (Å²) in [5, 5.41) is 8.43. The van der Waals surface area contributed by atoms with Crippen molar-refractivity contribution in [2.75, 3.05) is 6.61 Å². The van der Waals surface area contributed by atoms with Crippen LogP contribution in [0.4, 0.5) is 13.2 Å². The van der Waals surface area contributed by atoms with E-state index in [1.807, 2.05) is 0 Å². The standard InChI is InChI=1S/C9H9BrF3NO/c10-6-3-5(1-2-7(6)11)8(14)9(12,13)4-15/h1-3,8,15H,4,14H2/t8-/m1/s1. The van der Waals surface area contributed by atoms with Crippen LogP contribution in [0.2, 0.25) is 0 Å². The quantitative estimate of drug-likeness (QED) is 0.894. The molecule has 0 amide bonds. The van der Waals surface area contributed by atoms with Gasteiger partial charge in [0.15, 0.2) is 0 Å². The Labute approximate surface area is 93.0 Å². The van der Waals surface area contributed by atoms with Gasteiger partial charge in [-0.3, -0.25) is 0 Å². The topological polar surface area (TPSA) is 46.2 Å². The first-order valence-corrected chi connectivity index (χ1v) is 4.87. The lowest BCUT2D eigenvalue weighted by atomic mass is 10.0. The predicted octanol–water partition coefficient (Wildman–Crippen LogP) is 2.22. The zero-order valence-electron chi connectivity index (χ0n) is 7.55. The Hall–Kier alpha value is -0.590. The first-order chi connectivity index (χ1) is 6.88. The minimum absolute atomic E-state index is 0.0577. The van der Waals surface area contributed by atoms with Gasteiger partial charge >= 0.3 is 0 Å². The number of rotatable bonds is 3. The van der Waals surface area contributed by atoms with Crippen LogP contribution in [0.5, 0.6) is 0 Å². The average molecular weight is 284 g/mol. The fourth-order valence-corrected chi connectivity index (χ4v) is 1.44. The van der Waals surface area contributed by atoms with Gasteiger partial charge in [-0.25, -0.2) is 13.2 Å². The lowest BCUT2D eigenvalue weighted by molar-refractivity contribution is -0.0712. The highest BCUT2D eigenvalue weighted by Crippen LogP contribution is 2.30. The van der Waals surface area contributed by atoms with E-state index < -0.39 is 24.4 Å². The van der Waals surface area contributed by atoms with Crippen molar-refractivity contribution in [3.05, 3.63) is 34.1 Å². The molecule has 2 nitrogen and oxygen atoms in total. The zero-order chi connectivity index (χ0) is 11.6. The van der Waals surface area contributed by atoms with Gasteiger partial charge in [-0.05, 0) is 33.6 Å². The lowest BCUT2D eigenvalue weighted by Crippen LogP contribution is -2.36. The van der Waals surface area contributed by atoms with E-state index >= 15 is 0 Å². The Bertz CT molecular complexity index is 359. The molecule has 15 heavy (non-hydrogen) atoms. The minimum atomic E-state index is -3.42. The maximum absolute atomic E-state index is 13.0. The Balaban J connectivity index is 3.02. The number of benzene rings is 1. The predicted molar refractivity (Wildman–Crippen MR) is 53.1 cm³/mol. The second-order valence-corrected chi connectivity index (χ2v) is 3.92. The van der Waals surface area contributed by atoms with Crippen molar-refractivity contribution in [3.8, 4) is 0 Å². The first kappa shape index (κ1) is 12.5. The third-order valence-corrected chi connectivity index (χ3v) is 2.58. The third-order valence-electron chi connectivity index (χ3n) is 1.97. The molecule has 0 heterocycles. The molecule has 0 bridgehead atoms. The molecule has 0 radical (unpaired) electrons. The monoisotopic (exact) mass is 283 g/mol. The van der Waals surface area contributed by atoms with Gasteiger partial charge < -0.3 is 10.8 Å². The molecule has 0 saturated carbocycles. The summed E-state index contributed by atoms with van der Waals surface area (Å²) in [7, 11) is 0. The van der Waals surface area contributed by atoms with E-state index in [0.717, 1.165) is 12.1 Å². The van der Waals surface area contributed by atoms with E-state index in [4.69, 9.17) is 10.8 Å². The molecule has 0 aliphatic carbocycles. The molecular weight excluding hydrogens is 275 g/mol. The molecule has 0 saturated heterocycles. The van der Waals surface area contributed by atoms with Gasteiger partial charge in [0.25, 0.3) is 5.92 Å². The summed E-state index contributed by atoms with van der Waals surface area (Å²) in [5.74, 6) is -3.98. The SMILES string of the molecule is N[C@H](c1ccc(F)c(Br)c1)C(F)(F)CO. The van der Waals surface area contributed by atoms with Crippen molar-refractivity contribution >= 4 is 15.9 Å². The smallest absolute Gasteiger partial charge is 0.289 e. The lowest BCUT2D eigenvalue weighted by Gasteiger charge is -2.21. The third kappa shape index (κ3) is 2.70. The van der Waals surface area contributed by atoms with E-state index in [2.05, 4.69) is 15.9 Å². The van der Waals surface area contributed by atoms with Crippen molar-refractivity contribution < 1.29 is 18.3 Å². The van der Waals surface area contributed by atoms with E-state index in [-0.39, 0.29) is 10.0 Å². The Morgan fingerprint density at radius 3 is 2.53 bits per heavy atom. The second-order valence-electron chi connectivity index (χ2n) is 3.07. The Kier molecular flexibility index (Phi) is 3.75. The van der Waals surface area contributed by atoms with Crippen LogP contribution in [0.25, 0.3) is 0 Å². The summed E-state index contributed by atoms with van der Waals surface area (Å²) in [5.41, 5.74) is 5.31. The number of alkyl halides is 2. The Morgan fingerprint density at radius 1 is 1.47 bits per heavy atom. The molecule has 1 atom stereocenters. The first-order valence-electron chi connectivity index (χ1n) is 4.07. The fraction of sp³-hybridized carbons (Fsp3) is 0.333. The van der Waals surface area contributed by atoms with Gasteiger partial charge in [0.05, 0.1) is 10.5 Å². The molecule has 84 valence electrons. The Morgan fingerprint density at radius 2 is 2.07 bits per heavy atom. The van der Waals surface area contributed by atoms with E-state index in [1.54, 1.807) is 0 Å². The molecule has 1 aromatic rings. The van der Waals surface area contributed by atoms with Gasteiger partial charge in [0.1, 0.15) is 12.4 Å². The molecule has 1 aromatic carbocycles. The van der Waals surface area contributed by atoms with Gasteiger partial charge in [0, 0.05) is 0 Å². The number of hydrogen-bond acceptors (Lipinski definition) is 2. The van der Waals surface area contributed by atoms with E-state index in [0.29, 0.717) is 0 Å². The van der Waals surface area contributed by atoms with Crippen molar-refractivity contribution in [2.45, 2.75) is 12.0 Å². The number of halogens is 4.